The van der Waals surface area contributed by atoms with Gasteiger partial charge in [-0.2, -0.15) is 0 Å². The lowest BCUT2D eigenvalue weighted by molar-refractivity contribution is 0.209. The molecule has 1 aliphatic carbocycles. The van der Waals surface area contributed by atoms with Crippen molar-refractivity contribution in [1.29, 1.82) is 0 Å². The molecular weight excluding hydrogens is 206 g/mol. The summed E-state index contributed by atoms with van der Waals surface area (Å²) < 4.78 is 6.88. The van der Waals surface area contributed by atoms with E-state index < -0.39 is 0 Å². The van der Waals surface area contributed by atoms with Gasteiger partial charge in [-0.15, -0.1) is 0 Å². The van der Waals surface area contributed by atoms with Gasteiger partial charge in [-0.05, 0) is 12.8 Å². The topological polar surface area (TPSA) is 70.1 Å². The number of ether oxygens (including phenoxy) is 1. The van der Waals surface area contributed by atoms with Crippen molar-refractivity contribution in [2.75, 3.05) is 6.61 Å². The minimum Gasteiger partial charge on any atom is -0.472 e. The smallest absolute Gasteiger partial charge is 0.313 e. The van der Waals surface area contributed by atoms with Crippen LogP contribution in [0.4, 0.5) is 0 Å². The molecule has 1 aromatic heterocycles. The van der Waals surface area contributed by atoms with Crippen molar-refractivity contribution in [1.82, 2.24) is 9.55 Å². The van der Waals surface area contributed by atoms with Gasteiger partial charge in [0.25, 0.3) is 5.88 Å². The summed E-state index contributed by atoms with van der Waals surface area (Å²) >= 11 is 0. The van der Waals surface area contributed by atoms with E-state index in [-0.39, 0.29) is 17.0 Å². The summed E-state index contributed by atoms with van der Waals surface area (Å²) in [5.41, 5.74) is 5.64. The zero-order chi connectivity index (χ0) is 11.6. The lowest BCUT2D eigenvalue weighted by Gasteiger charge is -2.22. The molecule has 2 rings (SSSR count). The molecule has 0 aliphatic heterocycles. The molecule has 16 heavy (non-hydrogen) atoms. The molecule has 0 amide bonds. The first-order chi connectivity index (χ1) is 7.61. The molecule has 0 spiro atoms. The summed E-state index contributed by atoms with van der Waals surface area (Å²) in [6.45, 7) is 0.374. The average molecular weight is 223 g/mol. The fourth-order valence-corrected chi connectivity index (χ4v) is 2.01. The molecule has 0 aromatic carbocycles. The third-order valence-electron chi connectivity index (χ3n) is 3.08. The van der Waals surface area contributed by atoms with Gasteiger partial charge in [0.15, 0.2) is 0 Å². The van der Waals surface area contributed by atoms with Gasteiger partial charge >= 0.3 is 5.56 Å². The van der Waals surface area contributed by atoms with Gasteiger partial charge in [0.1, 0.15) is 6.61 Å². The average Bonchev–Trinajstić information content (AvgIpc) is 2.68. The Hall–Kier alpha value is -1.36. The van der Waals surface area contributed by atoms with E-state index in [2.05, 4.69) is 4.98 Å². The van der Waals surface area contributed by atoms with Crippen molar-refractivity contribution >= 4 is 0 Å². The molecule has 0 unspecified atom stereocenters. The summed E-state index contributed by atoms with van der Waals surface area (Å²) in [5, 5.41) is 0. The van der Waals surface area contributed by atoms with E-state index in [1.807, 2.05) is 0 Å². The Labute approximate surface area is 94.2 Å². The van der Waals surface area contributed by atoms with Crippen molar-refractivity contribution in [3.8, 4) is 5.88 Å². The van der Waals surface area contributed by atoms with E-state index in [0.29, 0.717) is 6.61 Å². The fraction of sp³-hybridized carbons (Fsp3) is 0.636. The zero-order valence-electron chi connectivity index (χ0n) is 9.48. The van der Waals surface area contributed by atoms with Crippen LogP contribution in [0.2, 0.25) is 0 Å². The molecule has 1 aromatic rings. The lowest BCUT2D eigenvalue weighted by Crippen LogP contribution is -2.43. The first-order valence-electron chi connectivity index (χ1n) is 5.54. The number of rotatable bonds is 3. The molecule has 1 aliphatic rings. The van der Waals surface area contributed by atoms with Crippen molar-refractivity contribution in [2.24, 2.45) is 12.8 Å². The molecule has 2 N–H and O–H groups in total. The Kier molecular flexibility index (Phi) is 2.96. The second kappa shape index (κ2) is 4.25. The molecular formula is C11H17N3O2. The maximum Gasteiger partial charge on any atom is 0.313 e. The maximum absolute atomic E-state index is 11.6. The number of hydrogen-bond donors (Lipinski definition) is 1. The Morgan fingerprint density at radius 2 is 2.25 bits per heavy atom. The predicted octanol–water partition coefficient (Wildman–Crippen LogP) is 0.431. The Bertz CT molecular complexity index is 421. The van der Waals surface area contributed by atoms with Crippen molar-refractivity contribution in [3.63, 3.8) is 0 Å². The van der Waals surface area contributed by atoms with Gasteiger partial charge in [-0.3, -0.25) is 4.79 Å². The highest BCUT2D eigenvalue weighted by Crippen LogP contribution is 2.27. The number of hydrogen-bond acceptors (Lipinski definition) is 4. The monoisotopic (exact) mass is 223 g/mol. The van der Waals surface area contributed by atoms with Gasteiger partial charge in [-0.25, -0.2) is 4.98 Å². The molecule has 0 atom stereocenters. The van der Waals surface area contributed by atoms with Crippen molar-refractivity contribution < 1.29 is 4.74 Å². The van der Waals surface area contributed by atoms with Crippen LogP contribution in [-0.2, 0) is 7.05 Å². The standard InChI is InChI=1S/C11H17N3O2/c1-14-7-6-13-9(10(14)15)16-8-11(12)4-2-3-5-11/h6-7H,2-5,8,12H2,1H3. The largest absolute Gasteiger partial charge is 0.472 e. The fourth-order valence-electron chi connectivity index (χ4n) is 2.01. The molecule has 5 heteroatoms. The third-order valence-corrected chi connectivity index (χ3v) is 3.08. The van der Waals surface area contributed by atoms with E-state index >= 15 is 0 Å². The van der Waals surface area contributed by atoms with E-state index in [1.165, 1.54) is 4.57 Å². The Morgan fingerprint density at radius 1 is 1.56 bits per heavy atom. The Morgan fingerprint density at radius 3 is 2.94 bits per heavy atom. The summed E-state index contributed by atoms with van der Waals surface area (Å²) in [6, 6.07) is 0. The van der Waals surface area contributed by atoms with Gasteiger partial charge in [-0.1, -0.05) is 12.8 Å². The second-order valence-corrected chi connectivity index (χ2v) is 4.51. The first kappa shape index (κ1) is 11.1. The van der Waals surface area contributed by atoms with Crippen LogP contribution in [0.3, 0.4) is 0 Å². The van der Waals surface area contributed by atoms with Crippen LogP contribution >= 0.6 is 0 Å². The van der Waals surface area contributed by atoms with Crippen molar-refractivity contribution in [3.05, 3.63) is 22.7 Å². The maximum atomic E-state index is 11.6. The molecule has 5 nitrogen and oxygen atoms in total. The molecule has 0 saturated heterocycles. The summed E-state index contributed by atoms with van der Waals surface area (Å²) in [7, 11) is 1.67. The second-order valence-electron chi connectivity index (χ2n) is 4.51. The highest BCUT2D eigenvalue weighted by molar-refractivity contribution is 5.05. The molecule has 1 saturated carbocycles. The molecule has 0 bridgehead atoms. The SMILES string of the molecule is Cn1ccnc(OCC2(N)CCCC2)c1=O. The molecule has 1 fully saturated rings. The number of aryl methyl sites for hydroxylation is 1. The quantitative estimate of drug-likeness (QED) is 0.806. The van der Waals surface area contributed by atoms with Gasteiger partial charge in [0, 0.05) is 19.4 Å². The van der Waals surface area contributed by atoms with Crippen LogP contribution < -0.4 is 16.0 Å². The van der Waals surface area contributed by atoms with Gasteiger partial charge in [0.2, 0.25) is 0 Å². The third kappa shape index (κ3) is 2.24. The number of nitrogens with two attached hydrogens (primary N) is 1. The Balaban J connectivity index is 2.05. The van der Waals surface area contributed by atoms with Crippen LogP contribution in [0.25, 0.3) is 0 Å². The van der Waals surface area contributed by atoms with E-state index in [4.69, 9.17) is 10.5 Å². The van der Waals surface area contributed by atoms with Crippen LogP contribution in [0.1, 0.15) is 25.7 Å². The minimum absolute atomic E-state index is 0.140. The van der Waals surface area contributed by atoms with Crippen LogP contribution in [-0.4, -0.2) is 21.7 Å². The molecule has 88 valence electrons. The highest BCUT2D eigenvalue weighted by Gasteiger charge is 2.30. The van der Waals surface area contributed by atoms with Crippen molar-refractivity contribution in [2.45, 2.75) is 31.2 Å². The summed E-state index contributed by atoms with van der Waals surface area (Å²) in [6.07, 6.45) is 7.35. The predicted molar refractivity (Wildman–Crippen MR) is 60.4 cm³/mol. The number of aromatic nitrogens is 2. The van der Waals surface area contributed by atoms with Gasteiger partial charge < -0.3 is 15.0 Å². The van der Waals surface area contributed by atoms with Crippen LogP contribution in [0, 0.1) is 0 Å². The van der Waals surface area contributed by atoms with E-state index in [1.54, 1.807) is 19.4 Å². The summed E-state index contributed by atoms with van der Waals surface area (Å²) in [5.74, 6) is 0.140. The number of nitrogens with zero attached hydrogens (tertiary/aromatic N) is 2. The minimum atomic E-state index is -0.275. The summed E-state index contributed by atoms with van der Waals surface area (Å²) in [4.78, 5) is 15.5. The van der Waals surface area contributed by atoms with Crippen LogP contribution in [0.5, 0.6) is 5.88 Å². The zero-order valence-corrected chi connectivity index (χ0v) is 9.48. The highest BCUT2D eigenvalue weighted by atomic mass is 16.5. The van der Waals surface area contributed by atoms with Gasteiger partial charge in [0.05, 0.1) is 5.54 Å². The van der Waals surface area contributed by atoms with Crippen LogP contribution in [0.15, 0.2) is 17.2 Å². The normalized spacial score (nSPS) is 18.6. The van der Waals surface area contributed by atoms with E-state index in [9.17, 15) is 4.79 Å². The first-order valence-corrected chi connectivity index (χ1v) is 5.54. The molecule has 0 radical (unpaired) electrons. The lowest BCUT2D eigenvalue weighted by atomic mass is 10.0. The molecule has 1 heterocycles. The van der Waals surface area contributed by atoms with E-state index in [0.717, 1.165) is 25.7 Å².